The van der Waals surface area contributed by atoms with Crippen molar-refractivity contribution in [1.29, 1.82) is 0 Å². The molecule has 5 nitrogen and oxygen atoms in total. The summed E-state index contributed by atoms with van der Waals surface area (Å²) in [6.45, 7) is 1.36. The van der Waals surface area contributed by atoms with E-state index in [4.69, 9.17) is 9.84 Å². The first kappa shape index (κ1) is 13.9. The van der Waals surface area contributed by atoms with E-state index in [1.54, 1.807) is 6.07 Å². The Bertz CT molecular complexity index is 541. The first-order valence-corrected chi connectivity index (χ1v) is 6.37. The van der Waals surface area contributed by atoms with Gasteiger partial charge in [0.1, 0.15) is 11.4 Å². The van der Waals surface area contributed by atoms with Crippen molar-refractivity contribution in [3.05, 3.63) is 54.4 Å². The molecular weight excluding hydrogens is 256 g/mol. The summed E-state index contributed by atoms with van der Waals surface area (Å²) in [5, 5.41) is 11.9. The van der Waals surface area contributed by atoms with Crippen molar-refractivity contribution in [2.75, 3.05) is 18.5 Å². The van der Waals surface area contributed by atoms with Gasteiger partial charge in [0.15, 0.2) is 0 Å². The molecular formula is C15H16N2O3. The Labute approximate surface area is 117 Å². The van der Waals surface area contributed by atoms with Crippen LogP contribution in [0.5, 0.6) is 5.75 Å². The summed E-state index contributed by atoms with van der Waals surface area (Å²) >= 11 is 0. The molecule has 0 unspecified atom stereocenters. The summed E-state index contributed by atoms with van der Waals surface area (Å²) in [6.07, 6.45) is 2.36. The number of benzene rings is 1. The van der Waals surface area contributed by atoms with E-state index < -0.39 is 5.97 Å². The zero-order valence-corrected chi connectivity index (χ0v) is 11.0. The molecule has 0 radical (unpaired) electrons. The molecule has 0 bridgehead atoms. The Morgan fingerprint density at radius 2 is 2.00 bits per heavy atom. The van der Waals surface area contributed by atoms with Crippen LogP contribution in [0.4, 0.5) is 5.69 Å². The number of carbonyl (C=O) groups is 1. The van der Waals surface area contributed by atoms with Crippen molar-refractivity contribution < 1.29 is 14.6 Å². The third-order valence-electron chi connectivity index (χ3n) is 2.64. The van der Waals surface area contributed by atoms with Gasteiger partial charge < -0.3 is 15.2 Å². The lowest BCUT2D eigenvalue weighted by atomic mass is 10.3. The summed E-state index contributed by atoms with van der Waals surface area (Å²) in [5.41, 5.74) is 0.845. The monoisotopic (exact) mass is 272 g/mol. The second-order valence-electron chi connectivity index (χ2n) is 4.18. The van der Waals surface area contributed by atoms with Crippen LogP contribution in [-0.2, 0) is 0 Å². The highest BCUT2D eigenvalue weighted by Gasteiger charge is 2.02. The van der Waals surface area contributed by atoms with E-state index >= 15 is 0 Å². The Kier molecular flexibility index (Phi) is 4.94. The molecule has 1 aromatic heterocycles. The molecule has 0 aliphatic rings. The minimum absolute atomic E-state index is 0.0444. The molecule has 0 aliphatic heterocycles. The highest BCUT2D eigenvalue weighted by molar-refractivity contribution is 5.85. The van der Waals surface area contributed by atoms with Crippen molar-refractivity contribution in [2.24, 2.45) is 0 Å². The fraction of sp³-hybridized carbons (Fsp3) is 0.200. The molecule has 104 valence electrons. The van der Waals surface area contributed by atoms with E-state index in [1.165, 1.54) is 12.3 Å². The number of hydrogen-bond acceptors (Lipinski definition) is 4. The number of pyridine rings is 1. The summed E-state index contributed by atoms with van der Waals surface area (Å²) in [7, 11) is 0. The van der Waals surface area contributed by atoms with Gasteiger partial charge in [-0.2, -0.15) is 0 Å². The maximum absolute atomic E-state index is 10.6. The zero-order chi connectivity index (χ0) is 14.2. The average Bonchev–Trinajstić information content (AvgIpc) is 2.48. The second-order valence-corrected chi connectivity index (χ2v) is 4.18. The number of aromatic carboxylic acids is 1. The number of carboxylic acids is 1. The topological polar surface area (TPSA) is 71.5 Å². The predicted octanol–water partition coefficient (Wildman–Crippen LogP) is 2.66. The van der Waals surface area contributed by atoms with Crippen LogP contribution >= 0.6 is 0 Å². The van der Waals surface area contributed by atoms with Gasteiger partial charge in [0.25, 0.3) is 0 Å². The molecule has 0 aliphatic carbocycles. The van der Waals surface area contributed by atoms with Crippen molar-refractivity contribution >= 4 is 11.7 Å². The minimum atomic E-state index is -1.02. The normalized spacial score (nSPS) is 10.0. The molecule has 5 heteroatoms. The van der Waals surface area contributed by atoms with Crippen LogP contribution in [-0.4, -0.2) is 29.2 Å². The molecule has 1 heterocycles. The van der Waals surface area contributed by atoms with Crippen LogP contribution in [0.15, 0.2) is 48.7 Å². The lowest BCUT2D eigenvalue weighted by Crippen LogP contribution is -2.08. The number of nitrogens with one attached hydrogen (secondary N) is 1. The molecule has 0 fully saturated rings. The summed E-state index contributed by atoms with van der Waals surface area (Å²) in [6, 6.07) is 12.8. The number of hydrogen-bond donors (Lipinski definition) is 2. The SMILES string of the molecule is O=C(O)c1ccc(NCCCOc2ccccc2)cn1. The molecule has 0 amide bonds. The number of rotatable bonds is 7. The Morgan fingerprint density at radius 1 is 1.20 bits per heavy atom. The van der Waals surface area contributed by atoms with Crippen molar-refractivity contribution in [3.63, 3.8) is 0 Å². The molecule has 2 rings (SSSR count). The Hall–Kier alpha value is -2.56. The van der Waals surface area contributed by atoms with Crippen LogP contribution in [0.25, 0.3) is 0 Å². The predicted molar refractivity (Wildman–Crippen MR) is 76.2 cm³/mol. The van der Waals surface area contributed by atoms with Gasteiger partial charge in [-0.1, -0.05) is 18.2 Å². The fourth-order valence-corrected chi connectivity index (χ4v) is 1.64. The zero-order valence-electron chi connectivity index (χ0n) is 11.0. The maximum atomic E-state index is 10.6. The molecule has 0 saturated heterocycles. The average molecular weight is 272 g/mol. The highest BCUT2D eigenvalue weighted by Crippen LogP contribution is 2.09. The van der Waals surface area contributed by atoms with Gasteiger partial charge in [-0.3, -0.25) is 0 Å². The van der Waals surface area contributed by atoms with Crippen LogP contribution in [0.2, 0.25) is 0 Å². The quantitative estimate of drug-likeness (QED) is 0.758. The number of aromatic nitrogens is 1. The van der Waals surface area contributed by atoms with E-state index in [-0.39, 0.29) is 5.69 Å². The fourth-order valence-electron chi connectivity index (χ4n) is 1.64. The van der Waals surface area contributed by atoms with Crippen LogP contribution in [0, 0.1) is 0 Å². The van der Waals surface area contributed by atoms with E-state index in [0.29, 0.717) is 6.61 Å². The maximum Gasteiger partial charge on any atom is 0.354 e. The second kappa shape index (κ2) is 7.13. The van der Waals surface area contributed by atoms with E-state index in [0.717, 1.165) is 24.4 Å². The molecule has 0 spiro atoms. The van der Waals surface area contributed by atoms with Gasteiger partial charge in [0.2, 0.25) is 0 Å². The van der Waals surface area contributed by atoms with E-state index in [2.05, 4.69) is 10.3 Å². The van der Waals surface area contributed by atoms with Gasteiger partial charge >= 0.3 is 5.97 Å². The van der Waals surface area contributed by atoms with E-state index in [1.807, 2.05) is 30.3 Å². The number of anilines is 1. The summed E-state index contributed by atoms with van der Waals surface area (Å²) < 4.78 is 5.56. The van der Waals surface area contributed by atoms with Gasteiger partial charge in [-0.05, 0) is 30.7 Å². The molecule has 2 aromatic rings. The molecule has 1 aromatic carbocycles. The van der Waals surface area contributed by atoms with Gasteiger partial charge in [-0.15, -0.1) is 0 Å². The first-order chi connectivity index (χ1) is 9.75. The van der Waals surface area contributed by atoms with Crippen molar-refractivity contribution in [2.45, 2.75) is 6.42 Å². The third-order valence-corrected chi connectivity index (χ3v) is 2.64. The van der Waals surface area contributed by atoms with Crippen LogP contribution < -0.4 is 10.1 Å². The van der Waals surface area contributed by atoms with Crippen molar-refractivity contribution in [1.82, 2.24) is 4.98 Å². The standard InChI is InChI=1S/C15H16N2O3/c18-15(19)14-8-7-12(11-17-14)16-9-4-10-20-13-5-2-1-3-6-13/h1-3,5-8,11,16H,4,9-10H2,(H,18,19). The Balaban J connectivity index is 1.67. The van der Waals surface area contributed by atoms with Crippen molar-refractivity contribution in [3.8, 4) is 5.75 Å². The Morgan fingerprint density at radius 3 is 2.65 bits per heavy atom. The smallest absolute Gasteiger partial charge is 0.354 e. The third kappa shape index (κ3) is 4.28. The molecule has 0 atom stereocenters. The molecule has 0 saturated carbocycles. The van der Waals surface area contributed by atoms with Gasteiger partial charge in [0, 0.05) is 6.54 Å². The number of nitrogens with zero attached hydrogens (tertiary/aromatic N) is 1. The number of para-hydroxylation sites is 1. The first-order valence-electron chi connectivity index (χ1n) is 6.37. The van der Waals surface area contributed by atoms with Crippen LogP contribution in [0.3, 0.4) is 0 Å². The lowest BCUT2D eigenvalue weighted by molar-refractivity contribution is 0.0690. The van der Waals surface area contributed by atoms with Gasteiger partial charge in [0.05, 0.1) is 18.5 Å². The summed E-state index contributed by atoms with van der Waals surface area (Å²) in [5.74, 6) is -0.159. The minimum Gasteiger partial charge on any atom is -0.494 e. The summed E-state index contributed by atoms with van der Waals surface area (Å²) in [4.78, 5) is 14.5. The number of carboxylic acid groups (broad SMARTS) is 1. The largest absolute Gasteiger partial charge is 0.494 e. The van der Waals surface area contributed by atoms with Gasteiger partial charge in [-0.25, -0.2) is 9.78 Å². The number of ether oxygens (including phenoxy) is 1. The van der Waals surface area contributed by atoms with E-state index in [9.17, 15) is 4.79 Å². The molecule has 2 N–H and O–H groups in total. The lowest BCUT2D eigenvalue weighted by Gasteiger charge is -2.08. The van der Waals surface area contributed by atoms with Crippen LogP contribution in [0.1, 0.15) is 16.9 Å². The molecule has 20 heavy (non-hydrogen) atoms. The highest BCUT2D eigenvalue weighted by atomic mass is 16.5.